The van der Waals surface area contributed by atoms with Crippen LogP contribution in [0.4, 0.5) is 4.79 Å². The van der Waals surface area contributed by atoms with Crippen LogP contribution in [0, 0.1) is 0 Å². The van der Waals surface area contributed by atoms with Gasteiger partial charge in [-0.05, 0) is 66.4 Å². The third-order valence-electron chi connectivity index (χ3n) is 6.38. The summed E-state index contributed by atoms with van der Waals surface area (Å²) >= 11 is 0. The number of benzene rings is 1. The van der Waals surface area contributed by atoms with Gasteiger partial charge in [0.25, 0.3) is 0 Å². The maximum atomic E-state index is 13.0. The van der Waals surface area contributed by atoms with Crippen LogP contribution in [-0.2, 0) is 25.4 Å². The van der Waals surface area contributed by atoms with E-state index >= 15 is 0 Å². The predicted octanol–water partition coefficient (Wildman–Crippen LogP) is 3.01. The van der Waals surface area contributed by atoms with Crippen LogP contribution in [0.15, 0.2) is 18.2 Å². The maximum Gasteiger partial charge on any atom is 0.494 e. The monoisotopic (exact) mass is 460 g/mol. The lowest BCUT2D eigenvalue weighted by atomic mass is 9.78. The second-order valence-electron chi connectivity index (χ2n) is 10.8. The number of ether oxygens (including phenoxy) is 2. The van der Waals surface area contributed by atoms with E-state index in [1.807, 2.05) is 66.7 Å². The molecule has 2 aliphatic heterocycles. The molecule has 3 rings (SSSR count). The average Bonchev–Trinajstić information content (AvgIpc) is 3.19. The molecule has 2 saturated heterocycles. The van der Waals surface area contributed by atoms with Gasteiger partial charge in [0, 0.05) is 24.6 Å². The highest BCUT2D eigenvalue weighted by Crippen LogP contribution is 2.37. The van der Waals surface area contributed by atoms with Gasteiger partial charge in [-0.25, -0.2) is 4.79 Å². The van der Waals surface area contributed by atoms with Crippen molar-refractivity contribution >= 4 is 24.6 Å². The Morgan fingerprint density at radius 3 is 2.36 bits per heavy atom. The van der Waals surface area contributed by atoms with Crippen LogP contribution in [0.1, 0.15) is 66.9 Å². The van der Waals surface area contributed by atoms with E-state index in [-0.39, 0.29) is 18.5 Å². The molecule has 1 N–H and O–H groups in total. The number of nitrogens with one attached hydrogen (secondary N) is 1. The van der Waals surface area contributed by atoms with Crippen LogP contribution in [-0.4, -0.2) is 60.5 Å². The Morgan fingerprint density at radius 1 is 1.21 bits per heavy atom. The van der Waals surface area contributed by atoms with E-state index in [0.29, 0.717) is 25.1 Å². The lowest BCUT2D eigenvalue weighted by Gasteiger charge is -2.32. The second kappa shape index (κ2) is 9.18. The van der Waals surface area contributed by atoms with Gasteiger partial charge in [0.15, 0.2) is 0 Å². The molecule has 2 heterocycles. The zero-order valence-electron chi connectivity index (χ0n) is 21.1. The molecule has 33 heavy (non-hydrogen) atoms. The summed E-state index contributed by atoms with van der Waals surface area (Å²) in [7, 11) is 1.09. The number of hydrogen-bond donors (Lipinski definition) is 1. The number of nitrogens with zero attached hydrogens (tertiary/aromatic N) is 1. The maximum absolute atomic E-state index is 13.0. The summed E-state index contributed by atoms with van der Waals surface area (Å²) in [5.41, 5.74) is 0.166. The van der Waals surface area contributed by atoms with E-state index in [1.54, 1.807) is 12.0 Å². The fourth-order valence-corrected chi connectivity index (χ4v) is 3.83. The number of hydrogen-bond acceptors (Lipinski definition) is 6. The van der Waals surface area contributed by atoms with Crippen molar-refractivity contribution in [2.24, 2.45) is 0 Å². The molecule has 0 bridgehead atoms. The number of rotatable bonds is 6. The number of methoxy groups -OCH3 is 1. The zero-order valence-corrected chi connectivity index (χ0v) is 21.1. The largest absolute Gasteiger partial charge is 0.496 e. The minimum Gasteiger partial charge on any atom is -0.496 e. The van der Waals surface area contributed by atoms with Gasteiger partial charge >= 0.3 is 13.2 Å². The Morgan fingerprint density at radius 2 is 1.85 bits per heavy atom. The van der Waals surface area contributed by atoms with Crippen molar-refractivity contribution in [2.45, 2.75) is 90.7 Å². The normalized spacial score (nSPS) is 21.6. The molecule has 0 unspecified atom stereocenters. The Labute approximate surface area is 197 Å². The highest BCUT2D eigenvalue weighted by molar-refractivity contribution is 6.62. The molecule has 182 valence electrons. The van der Waals surface area contributed by atoms with Crippen molar-refractivity contribution < 1.29 is 28.4 Å². The Hall–Kier alpha value is -2.26. The summed E-state index contributed by atoms with van der Waals surface area (Å²) in [4.78, 5) is 26.2. The van der Waals surface area contributed by atoms with Crippen LogP contribution >= 0.6 is 0 Å². The van der Waals surface area contributed by atoms with E-state index in [9.17, 15) is 9.59 Å². The van der Waals surface area contributed by atoms with Gasteiger partial charge in [0.05, 0.1) is 24.9 Å². The molecule has 1 aromatic carbocycles. The lowest BCUT2D eigenvalue weighted by Crippen LogP contribution is -2.44. The first-order valence-electron chi connectivity index (χ1n) is 11.5. The minimum absolute atomic E-state index is 0.00786. The molecular weight excluding hydrogens is 423 g/mol. The molecule has 1 atom stereocenters. The van der Waals surface area contributed by atoms with Crippen LogP contribution < -0.4 is 15.5 Å². The second-order valence-corrected chi connectivity index (χ2v) is 10.8. The Balaban J connectivity index is 1.81. The smallest absolute Gasteiger partial charge is 0.494 e. The number of carbonyl (C=O) groups is 2. The number of carbonyl (C=O) groups excluding carboxylic acids is 2. The first-order valence-corrected chi connectivity index (χ1v) is 11.5. The minimum atomic E-state index is -0.626. The van der Waals surface area contributed by atoms with Crippen molar-refractivity contribution in [3.63, 3.8) is 0 Å². The lowest BCUT2D eigenvalue weighted by molar-refractivity contribution is -0.119. The standard InChI is InChI=1S/C24H37BN2O6/c1-22(2,3)31-21(29)27(15-18-11-12-20(28)26-18)14-16-9-10-17(13-19(16)30-8)25-32-23(4,5)24(6,7)33-25/h9-10,13,18H,11-12,14-15H2,1-8H3,(H,26,28)/t18-/m0/s1. The van der Waals surface area contributed by atoms with E-state index in [1.165, 1.54) is 0 Å². The molecule has 2 amide bonds. The van der Waals surface area contributed by atoms with Crippen LogP contribution in [0.5, 0.6) is 5.75 Å². The summed E-state index contributed by atoms with van der Waals surface area (Å²) in [6.45, 7) is 14.2. The molecule has 0 aromatic heterocycles. The van der Waals surface area contributed by atoms with E-state index in [2.05, 4.69) is 5.32 Å². The molecular formula is C24H37BN2O6. The van der Waals surface area contributed by atoms with Gasteiger partial charge in [-0.2, -0.15) is 0 Å². The van der Waals surface area contributed by atoms with Gasteiger partial charge in [-0.1, -0.05) is 12.1 Å². The average molecular weight is 460 g/mol. The van der Waals surface area contributed by atoms with E-state index < -0.39 is 30.0 Å². The zero-order chi connectivity index (χ0) is 24.6. The highest BCUT2D eigenvalue weighted by Gasteiger charge is 2.51. The molecule has 2 aliphatic rings. The summed E-state index contributed by atoms with van der Waals surface area (Å²) in [6.07, 6.45) is 0.732. The highest BCUT2D eigenvalue weighted by atomic mass is 16.7. The molecule has 2 fully saturated rings. The summed E-state index contributed by atoms with van der Waals surface area (Å²) in [5.74, 6) is 0.639. The van der Waals surface area contributed by atoms with E-state index in [4.69, 9.17) is 18.8 Å². The van der Waals surface area contributed by atoms with Crippen molar-refractivity contribution in [1.29, 1.82) is 0 Å². The molecule has 1 aromatic rings. The first kappa shape index (κ1) is 25.4. The SMILES string of the molecule is COc1cc(B2OC(C)(C)C(C)(C)O2)ccc1CN(C[C@@H]1CCC(=O)N1)C(=O)OC(C)(C)C. The first-order chi connectivity index (χ1) is 15.2. The van der Waals surface area contributed by atoms with Crippen molar-refractivity contribution in [3.8, 4) is 5.75 Å². The molecule has 8 nitrogen and oxygen atoms in total. The summed E-state index contributed by atoms with van der Waals surface area (Å²) < 4.78 is 23.6. The quantitative estimate of drug-likeness (QED) is 0.657. The van der Waals surface area contributed by atoms with Gasteiger partial charge < -0.3 is 29.0 Å². The van der Waals surface area contributed by atoms with Crippen LogP contribution in [0.2, 0.25) is 0 Å². The van der Waals surface area contributed by atoms with Crippen LogP contribution in [0.25, 0.3) is 0 Å². The van der Waals surface area contributed by atoms with E-state index in [0.717, 1.165) is 11.0 Å². The van der Waals surface area contributed by atoms with Crippen LogP contribution in [0.3, 0.4) is 0 Å². The Kier molecular flexibility index (Phi) is 7.06. The van der Waals surface area contributed by atoms with Crippen molar-refractivity contribution in [2.75, 3.05) is 13.7 Å². The van der Waals surface area contributed by atoms with Crippen molar-refractivity contribution in [1.82, 2.24) is 10.2 Å². The van der Waals surface area contributed by atoms with Gasteiger partial charge in [-0.15, -0.1) is 0 Å². The fraction of sp³-hybridized carbons (Fsp3) is 0.667. The molecule has 0 aliphatic carbocycles. The third kappa shape index (κ3) is 6.01. The molecule has 0 spiro atoms. The predicted molar refractivity (Wildman–Crippen MR) is 127 cm³/mol. The Bertz CT molecular complexity index is 879. The fourth-order valence-electron chi connectivity index (χ4n) is 3.83. The topological polar surface area (TPSA) is 86.3 Å². The van der Waals surface area contributed by atoms with Gasteiger partial charge in [0.2, 0.25) is 5.91 Å². The summed E-state index contributed by atoms with van der Waals surface area (Å²) in [6, 6.07) is 5.65. The summed E-state index contributed by atoms with van der Waals surface area (Å²) in [5, 5.41) is 2.93. The number of amides is 2. The third-order valence-corrected chi connectivity index (χ3v) is 6.38. The van der Waals surface area contributed by atoms with Gasteiger partial charge in [-0.3, -0.25) is 4.79 Å². The molecule has 9 heteroatoms. The van der Waals surface area contributed by atoms with Crippen molar-refractivity contribution in [3.05, 3.63) is 23.8 Å². The van der Waals surface area contributed by atoms with Gasteiger partial charge in [0.1, 0.15) is 11.4 Å². The molecule has 0 radical (unpaired) electrons. The molecule has 0 saturated carbocycles.